The smallest absolute Gasteiger partial charge is 0.251 e. The van der Waals surface area contributed by atoms with Gasteiger partial charge in [0, 0.05) is 31.0 Å². The molecule has 0 bridgehead atoms. The third-order valence-electron chi connectivity index (χ3n) is 4.61. The van der Waals surface area contributed by atoms with Crippen LogP contribution in [-0.2, 0) is 16.1 Å². The van der Waals surface area contributed by atoms with E-state index in [9.17, 15) is 14.0 Å². The summed E-state index contributed by atoms with van der Waals surface area (Å²) in [6.45, 7) is 1.24. The van der Waals surface area contributed by atoms with Crippen molar-refractivity contribution in [3.63, 3.8) is 0 Å². The summed E-state index contributed by atoms with van der Waals surface area (Å²) in [5, 5.41) is 5.56. The monoisotopic (exact) mass is 407 g/mol. The number of nitrogens with one attached hydrogen (secondary N) is 2. The molecule has 1 aliphatic rings. The quantitative estimate of drug-likeness (QED) is 0.710. The number of carbonyl (C=O) groups excluding carboxylic acids is 2. The third kappa shape index (κ3) is 5.51. The second kappa shape index (κ2) is 9.64. The highest BCUT2D eigenvalue weighted by molar-refractivity contribution is 5.99. The molecule has 1 aliphatic heterocycles. The van der Waals surface area contributed by atoms with Crippen LogP contribution in [0.1, 0.15) is 28.8 Å². The molecule has 150 valence electrons. The van der Waals surface area contributed by atoms with Crippen LogP contribution in [0.15, 0.2) is 48.5 Å². The molecule has 2 amide bonds. The van der Waals surface area contributed by atoms with Crippen LogP contribution >= 0.6 is 12.4 Å². The first-order chi connectivity index (χ1) is 13.0. The minimum Gasteiger partial charge on any atom is -0.381 e. The minimum atomic E-state index is -0.927. The lowest BCUT2D eigenvalue weighted by molar-refractivity contribution is -0.124. The van der Waals surface area contributed by atoms with Gasteiger partial charge in [-0.25, -0.2) is 4.39 Å². The Hall–Kier alpha value is -2.48. The van der Waals surface area contributed by atoms with Crippen molar-refractivity contribution in [1.82, 2.24) is 5.32 Å². The van der Waals surface area contributed by atoms with Gasteiger partial charge < -0.3 is 21.1 Å². The number of ether oxygens (including phenoxy) is 1. The van der Waals surface area contributed by atoms with Crippen LogP contribution < -0.4 is 16.4 Å². The lowest BCUT2D eigenvalue weighted by Crippen LogP contribution is -2.54. The number of amides is 2. The van der Waals surface area contributed by atoms with Gasteiger partial charge in [-0.1, -0.05) is 12.1 Å². The van der Waals surface area contributed by atoms with Crippen molar-refractivity contribution in [3.8, 4) is 0 Å². The van der Waals surface area contributed by atoms with Gasteiger partial charge in [0.1, 0.15) is 11.4 Å². The van der Waals surface area contributed by atoms with Crippen LogP contribution in [-0.4, -0.2) is 30.6 Å². The molecule has 0 radical (unpaired) electrons. The number of nitrogens with two attached hydrogens (primary N) is 1. The van der Waals surface area contributed by atoms with E-state index in [1.165, 1.54) is 12.1 Å². The van der Waals surface area contributed by atoms with Crippen LogP contribution in [0.5, 0.6) is 0 Å². The van der Waals surface area contributed by atoms with Crippen LogP contribution in [0.25, 0.3) is 0 Å². The van der Waals surface area contributed by atoms with Crippen molar-refractivity contribution >= 4 is 29.9 Å². The van der Waals surface area contributed by atoms with Gasteiger partial charge in [-0.05, 0) is 54.8 Å². The molecule has 8 heteroatoms. The second-order valence-electron chi connectivity index (χ2n) is 6.61. The number of halogens is 2. The Kier molecular flexibility index (Phi) is 7.51. The highest BCUT2D eigenvalue weighted by Crippen LogP contribution is 2.20. The van der Waals surface area contributed by atoms with Crippen molar-refractivity contribution in [2.45, 2.75) is 24.9 Å². The zero-order valence-electron chi connectivity index (χ0n) is 15.2. The Morgan fingerprint density at radius 1 is 1.04 bits per heavy atom. The number of rotatable bonds is 5. The average Bonchev–Trinajstić information content (AvgIpc) is 2.68. The predicted molar refractivity (Wildman–Crippen MR) is 107 cm³/mol. The zero-order valence-corrected chi connectivity index (χ0v) is 16.1. The molecule has 0 aliphatic carbocycles. The van der Waals surface area contributed by atoms with Crippen LogP contribution in [0.3, 0.4) is 0 Å². The maximum atomic E-state index is 12.9. The molecule has 1 heterocycles. The lowest BCUT2D eigenvalue weighted by atomic mass is 9.90. The molecule has 0 saturated carbocycles. The minimum absolute atomic E-state index is 0. The van der Waals surface area contributed by atoms with Crippen molar-refractivity contribution in [3.05, 3.63) is 65.5 Å². The maximum absolute atomic E-state index is 12.9. The fourth-order valence-corrected chi connectivity index (χ4v) is 2.81. The molecule has 2 aromatic rings. The molecule has 0 aromatic heterocycles. The van der Waals surface area contributed by atoms with Gasteiger partial charge in [-0.2, -0.15) is 0 Å². The Balaban J connectivity index is 0.00000280. The van der Waals surface area contributed by atoms with E-state index >= 15 is 0 Å². The van der Waals surface area contributed by atoms with Gasteiger partial charge in [0.25, 0.3) is 5.91 Å². The first-order valence-corrected chi connectivity index (χ1v) is 8.77. The number of hydrogen-bond acceptors (Lipinski definition) is 4. The van der Waals surface area contributed by atoms with Crippen LogP contribution in [0.2, 0.25) is 0 Å². The Bertz CT molecular complexity index is 806. The number of anilines is 1. The van der Waals surface area contributed by atoms with E-state index in [0.29, 0.717) is 43.9 Å². The highest BCUT2D eigenvalue weighted by atomic mass is 35.5. The SMILES string of the molecule is Cl.NC1(C(=O)Nc2ccc(C(=O)NCc3ccc(F)cc3)cc2)CCOCC1. The summed E-state index contributed by atoms with van der Waals surface area (Å²) in [7, 11) is 0. The van der Waals surface area contributed by atoms with Gasteiger partial charge in [0.15, 0.2) is 0 Å². The first-order valence-electron chi connectivity index (χ1n) is 8.77. The van der Waals surface area contributed by atoms with E-state index in [4.69, 9.17) is 10.5 Å². The summed E-state index contributed by atoms with van der Waals surface area (Å²) in [6.07, 6.45) is 0.950. The number of carbonyl (C=O) groups is 2. The third-order valence-corrected chi connectivity index (χ3v) is 4.61. The summed E-state index contributed by atoms with van der Waals surface area (Å²) in [5.41, 5.74) is 7.07. The normalized spacial score (nSPS) is 15.2. The Morgan fingerprint density at radius 2 is 1.64 bits per heavy atom. The van der Waals surface area contributed by atoms with E-state index in [1.54, 1.807) is 36.4 Å². The number of hydrogen-bond donors (Lipinski definition) is 3. The molecule has 0 spiro atoms. The van der Waals surface area contributed by atoms with E-state index in [0.717, 1.165) is 5.56 Å². The summed E-state index contributed by atoms with van der Waals surface area (Å²) < 4.78 is 18.1. The standard InChI is InChI=1S/C20H22FN3O3.ClH/c21-16-5-1-14(2-6-16)13-23-18(25)15-3-7-17(8-4-15)24-19(26)20(22)9-11-27-12-10-20;/h1-8H,9-13,22H2,(H,23,25)(H,24,26);1H. The molecule has 2 aromatic carbocycles. The van der Waals surface area contributed by atoms with Crippen molar-refractivity contribution < 1.29 is 18.7 Å². The highest BCUT2D eigenvalue weighted by Gasteiger charge is 2.35. The zero-order chi connectivity index (χ0) is 19.3. The molecule has 4 N–H and O–H groups in total. The fourth-order valence-electron chi connectivity index (χ4n) is 2.81. The molecular formula is C20H23ClFN3O3. The van der Waals surface area contributed by atoms with E-state index < -0.39 is 5.54 Å². The molecule has 6 nitrogen and oxygen atoms in total. The summed E-state index contributed by atoms with van der Waals surface area (Å²) in [4.78, 5) is 24.6. The van der Waals surface area contributed by atoms with Gasteiger partial charge in [-0.3, -0.25) is 9.59 Å². The number of benzene rings is 2. The van der Waals surface area contributed by atoms with E-state index in [-0.39, 0.29) is 30.0 Å². The molecule has 1 saturated heterocycles. The molecule has 1 fully saturated rings. The molecule has 0 unspecified atom stereocenters. The van der Waals surface area contributed by atoms with Gasteiger partial charge in [0.05, 0.1) is 0 Å². The Labute approximate surface area is 169 Å². The second-order valence-corrected chi connectivity index (χ2v) is 6.61. The Morgan fingerprint density at radius 3 is 2.25 bits per heavy atom. The van der Waals surface area contributed by atoms with Gasteiger partial charge in [0.2, 0.25) is 5.91 Å². The molecular weight excluding hydrogens is 385 g/mol. The fraction of sp³-hybridized carbons (Fsp3) is 0.300. The molecule has 0 atom stereocenters. The molecule has 28 heavy (non-hydrogen) atoms. The van der Waals surface area contributed by atoms with Gasteiger partial charge in [-0.15, -0.1) is 12.4 Å². The predicted octanol–water partition coefficient (Wildman–Crippen LogP) is 2.62. The summed E-state index contributed by atoms with van der Waals surface area (Å²) in [5.74, 6) is -0.820. The average molecular weight is 408 g/mol. The lowest BCUT2D eigenvalue weighted by Gasteiger charge is -2.31. The van der Waals surface area contributed by atoms with Crippen molar-refractivity contribution in [2.75, 3.05) is 18.5 Å². The van der Waals surface area contributed by atoms with Crippen LogP contribution in [0.4, 0.5) is 10.1 Å². The summed E-state index contributed by atoms with van der Waals surface area (Å²) >= 11 is 0. The first kappa shape index (κ1) is 21.8. The van der Waals surface area contributed by atoms with Crippen LogP contribution in [0, 0.1) is 5.82 Å². The van der Waals surface area contributed by atoms with Crippen molar-refractivity contribution in [1.29, 1.82) is 0 Å². The van der Waals surface area contributed by atoms with Crippen molar-refractivity contribution in [2.24, 2.45) is 5.73 Å². The van der Waals surface area contributed by atoms with E-state index in [2.05, 4.69) is 10.6 Å². The largest absolute Gasteiger partial charge is 0.381 e. The van der Waals surface area contributed by atoms with E-state index in [1.807, 2.05) is 0 Å². The topological polar surface area (TPSA) is 93.5 Å². The molecule has 3 rings (SSSR count). The summed E-state index contributed by atoms with van der Waals surface area (Å²) in [6, 6.07) is 12.5. The van der Waals surface area contributed by atoms with Gasteiger partial charge >= 0.3 is 0 Å². The maximum Gasteiger partial charge on any atom is 0.251 e.